The van der Waals surface area contributed by atoms with Crippen molar-refractivity contribution in [1.29, 1.82) is 0 Å². The molecule has 0 aliphatic rings. The zero-order valence-electron chi connectivity index (χ0n) is 14.8. The minimum Gasteiger partial charge on any atom is -0.174 e. The van der Waals surface area contributed by atoms with Gasteiger partial charge in [0.05, 0.1) is 10.9 Å². The zero-order chi connectivity index (χ0) is 19.8. The van der Waals surface area contributed by atoms with E-state index < -0.39 is 6.68 Å². The van der Waals surface area contributed by atoms with Crippen molar-refractivity contribution in [2.24, 2.45) is 0 Å². The average Bonchev–Trinajstić information content (AvgIpc) is 3.25. The van der Waals surface area contributed by atoms with Crippen LogP contribution in [0.25, 0.3) is 10.4 Å². The minimum atomic E-state index is -3.67. The van der Waals surface area contributed by atoms with Gasteiger partial charge in [0.1, 0.15) is 0 Å². The predicted octanol–water partition coefficient (Wildman–Crippen LogP) is 7.69. The van der Waals surface area contributed by atoms with Crippen molar-refractivity contribution in [1.82, 2.24) is 0 Å². The van der Waals surface area contributed by atoms with Crippen LogP contribution in [0, 0.1) is 0 Å². The van der Waals surface area contributed by atoms with E-state index in [1.54, 1.807) is 11.3 Å². The molecule has 0 bridgehead atoms. The van der Waals surface area contributed by atoms with Crippen LogP contribution in [0.3, 0.4) is 0 Å². The van der Waals surface area contributed by atoms with E-state index in [0.717, 1.165) is 0 Å². The van der Waals surface area contributed by atoms with Crippen LogP contribution in [0.1, 0.15) is 0 Å². The molecule has 0 spiro atoms. The third-order valence-corrected chi connectivity index (χ3v) is 7.00. The average molecular weight is 416 g/mol. The number of halogens is 3. The SMILES string of the molecule is FC(F)F.c1ccc([S+](c2ccccc2)c2ccc(-c3cccs3)cc2)cc1. The number of benzene rings is 3. The Morgan fingerprint density at radius 3 is 1.46 bits per heavy atom. The van der Waals surface area contributed by atoms with Gasteiger partial charge in [0.2, 0.25) is 0 Å². The van der Waals surface area contributed by atoms with E-state index in [0.29, 0.717) is 0 Å². The van der Waals surface area contributed by atoms with Gasteiger partial charge < -0.3 is 0 Å². The lowest BCUT2D eigenvalue weighted by Gasteiger charge is -2.08. The summed E-state index contributed by atoms with van der Waals surface area (Å²) in [5.74, 6) is 0. The lowest BCUT2D eigenvalue weighted by atomic mass is 10.2. The normalized spacial score (nSPS) is 10.6. The van der Waals surface area contributed by atoms with Crippen LogP contribution in [0.15, 0.2) is 117 Å². The number of hydrogen-bond donors (Lipinski definition) is 0. The lowest BCUT2D eigenvalue weighted by molar-refractivity contribution is 0.00819. The Morgan fingerprint density at radius 1 is 0.571 bits per heavy atom. The molecule has 0 unspecified atom stereocenters. The quantitative estimate of drug-likeness (QED) is 0.300. The molecule has 0 saturated heterocycles. The molecule has 0 fully saturated rings. The van der Waals surface area contributed by atoms with Crippen molar-refractivity contribution in [2.75, 3.05) is 0 Å². The molecule has 0 atom stereocenters. The largest absolute Gasteiger partial charge is 0.379 e. The highest BCUT2D eigenvalue weighted by Gasteiger charge is 2.28. The van der Waals surface area contributed by atoms with Crippen molar-refractivity contribution >= 4 is 22.2 Å². The second-order valence-electron chi connectivity index (χ2n) is 5.68. The number of thiophene rings is 1. The van der Waals surface area contributed by atoms with Gasteiger partial charge in [-0.1, -0.05) is 42.5 Å². The highest BCUT2D eigenvalue weighted by molar-refractivity contribution is 7.97. The van der Waals surface area contributed by atoms with E-state index >= 15 is 0 Å². The second kappa shape index (κ2) is 10.2. The molecule has 4 aromatic rings. The van der Waals surface area contributed by atoms with E-state index in [9.17, 15) is 13.2 Å². The zero-order valence-corrected chi connectivity index (χ0v) is 16.5. The maximum Gasteiger partial charge on any atom is 0.379 e. The first-order valence-electron chi connectivity index (χ1n) is 8.55. The molecule has 5 heteroatoms. The Balaban J connectivity index is 0.000000516. The Bertz CT molecular complexity index is 896. The maximum atomic E-state index is 9.67. The standard InChI is InChI=1S/C22H17S2.CHF3/c1-3-8-19(9-4-1)24(20-10-5-2-6-11-20)21-15-13-18(14-16-21)22-12-7-17-23-22;2-1(3)4/h1-17H;1H/q+1;. The minimum absolute atomic E-state index is 0.0663. The van der Waals surface area contributed by atoms with Gasteiger partial charge in [-0.15, -0.1) is 11.3 Å². The first-order valence-corrected chi connectivity index (χ1v) is 10.7. The van der Waals surface area contributed by atoms with Gasteiger partial charge in [-0.3, -0.25) is 0 Å². The van der Waals surface area contributed by atoms with Crippen LogP contribution < -0.4 is 0 Å². The van der Waals surface area contributed by atoms with Crippen LogP contribution >= 0.6 is 11.3 Å². The number of rotatable bonds is 4. The molecule has 1 aromatic heterocycles. The van der Waals surface area contributed by atoms with Gasteiger partial charge in [-0.2, -0.15) is 13.2 Å². The molecule has 28 heavy (non-hydrogen) atoms. The van der Waals surface area contributed by atoms with Crippen LogP contribution in [-0.4, -0.2) is 6.68 Å². The molecule has 3 aromatic carbocycles. The molecule has 0 nitrogen and oxygen atoms in total. The Kier molecular flexibility index (Phi) is 7.34. The van der Waals surface area contributed by atoms with Crippen molar-refractivity contribution in [3.05, 3.63) is 102 Å². The van der Waals surface area contributed by atoms with E-state index in [4.69, 9.17) is 0 Å². The smallest absolute Gasteiger partial charge is 0.174 e. The van der Waals surface area contributed by atoms with Gasteiger partial charge in [0.25, 0.3) is 0 Å². The Hall–Kier alpha value is -2.50. The Labute approximate surface area is 169 Å². The van der Waals surface area contributed by atoms with Crippen molar-refractivity contribution in [3.63, 3.8) is 0 Å². The number of hydrogen-bond acceptors (Lipinski definition) is 1. The fourth-order valence-electron chi connectivity index (χ4n) is 2.72. The molecule has 0 radical (unpaired) electrons. The molecule has 0 aliphatic carbocycles. The van der Waals surface area contributed by atoms with E-state index in [1.165, 1.54) is 25.1 Å². The van der Waals surface area contributed by atoms with Gasteiger partial charge in [0.15, 0.2) is 14.7 Å². The highest BCUT2D eigenvalue weighted by Crippen LogP contribution is 2.33. The summed E-state index contributed by atoms with van der Waals surface area (Å²) in [5, 5.41) is 2.13. The van der Waals surface area contributed by atoms with Crippen molar-refractivity contribution < 1.29 is 13.2 Å². The van der Waals surface area contributed by atoms with Crippen LogP contribution in [0.2, 0.25) is 0 Å². The van der Waals surface area contributed by atoms with Crippen LogP contribution in [0.5, 0.6) is 0 Å². The summed E-state index contributed by atoms with van der Waals surface area (Å²) in [5.41, 5.74) is 1.29. The van der Waals surface area contributed by atoms with Crippen molar-refractivity contribution in [3.8, 4) is 10.4 Å². The summed E-state index contributed by atoms with van der Waals surface area (Å²) in [4.78, 5) is 5.38. The van der Waals surface area contributed by atoms with E-state index in [1.807, 2.05) is 0 Å². The van der Waals surface area contributed by atoms with E-state index in [2.05, 4.69) is 102 Å². The third-order valence-electron chi connectivity index (χ3n) is 3.85. The van der Waals surface area contributed by atoms with Gasteiger partial charge in [-0.25, -0.2) is 0 Å². The summed E-state index contributed by atoms with van der Waals surface area (Å²) in [6, 6.07) is 34.9. The molecule has 0 aliphatic heterocycles. The molecular formula is C23H18F3S2+. The monoisotopic (exact) mass is 415 g/mol. The first-order chi connectivity index (χ1) is 13.6. The van der Waals surface area contributed by atoms with Crippen LogP contribution in [-0.2, 0) is 10.9 Å². The summed E-state index contributed by atoms with van der Waals surface area (Å²) >= 11 is 1.79. The molecule has 0 N–H and O–H groups in total. The molecule has 0 amide bonds. The first kappa shape index (κ1) is 20.2. The van der Waals surface area contributed by atoms with E-state index in [-0.39, 0.29) is 10.9 Å². The second-order valence-corrected chi connectivity index (χ2v) is 8.66. The summed E-state index contributed by atoms with van der Waals surface area (Å²) in [6.07, 6.45) is 0. The summed E-state index contributed by atoms with van der Waals surface area (Å²) < 4.78 is 29.0. The van der Waals surface area contributed by atoms with Gasteiger partial charge >= 0.3 is 6.68 Å². The van der Waals surface area contributed by atoms with Gasteiger partial charge in [0, 0.05) is 4.88 Å². The molecule has 142 valence electrons. The molecular weight excluding hydrogens is 397 g/mol. The third kappa shape index (κ3) is 5.50. The van der Waals surface area contributed by atoms with Crippen LogP contribution in [0.4, 0.5) is 13.2 Å². The maximum absolute atomic E-state index is 9.67. The van der Waals surface area contributed by atoms with Crippen molar-refractivity contribution in [2.45, 2.75) is 21.4 Å². The molecule has 1 heterocycles. The molecule has 4 rings (SSSR count). The number of alkyl halides is 3. The Morgan fingerprint density at radius 2 is 1.04 bits per heavy atom. The lowest BCUT2D eigenvalue weighted by Crippen LogP contribution is -2.04. The topological polar surface area (TPSA) is 0 Å². The fourth-order valence-corrected chi connectivity index (χ4v) is 5.54. The summed E-state index contributed by atoms with van der Waals surface area (Å²) in [7, 11) is -0.0663. The summed E-state index contributed by atoms with van der Waals surface area (Å²) in [6.45, 7) is -3.67. The fraction of sp³-hybridized carbons (Fsp3) is 0.0435. The highest BCUT2D eigenvalue weighted by atomic mass is 32.2. The van der Waals surface area contributed by atoms with Gasteiger partial charge in [-0.05, 0) is 65.5 Å². The molecule has 0 saturated carbocycles. The predicted molar refractivity (Wildman–Crippen MR) is 112 cm³/mol.